The predicted molar refractivity (Wildman–Crippen MR) is 110 cm³/mol. The lowest BCUT2D eigenvalue weighted by Gasteiger charge is -2.12. The molecule has 1 aliphatic rings. The maximum atomic E-state index is 12.3. The Hall–Kier alpha value is -3.68. The highest BCUT2D eigenvalue weighted by Gasteiger charge is 2.34. The van der Waals surface area contributed by atoms with Gasteiger partial charge in [-0.05, 0) is 41.6 Å². The highest BCUT2D eigenvalue weighted by atomic mass is 32.2. The Balaban J connectivity index is 1.79. The second-order valence-corrected chi connectivity index (χ2v) is 6.93. The van der Waals surface area contributed by atoms with Crippen LogP contribution in [0.15, 0.2) is 47.4 Å². The van der Waals surface area contributed by atoms with Crippen molar-refractivity contribution in [2.75, 3.05) is 13.7 Å². The maximum absolute atomic E-state index is 12.3. The van der Waals surface area contributed by atoms with Crippen LogP contribution >= 0.6 is 11.8 Å². The van der Waals surface area contributed by atoms with Gasteiger partial charge in [0.2, 0.25) is 0 Å². The Labute approximate surface area is 172 Å². The number of carbonyl (C=O) groups excluding carboxylic acids is 2. The van der Waals surface area contributed by atoms with E-state index < -0.39 is 5.91 Å². The summed E-state index contributed by atoms with van der Waals surface area (Å²) in [6.07, 6.45) is 6.81. The minimum atomic E-state index is -0.412. The number of nitrogens with zero attached hydrogens (tertiary/aromatic N) is 2. The van der Waals surface area contributed by atoms with Gasteiger partial charge in [0.25, 0.3) is 11.1 Å². The molecule has 0 aromatic heterocycles. The molecule has 7 heteroatoms. The van der Waals surface area contributed by atoms with Gasteiger partial charge in [-0.3, -0.25) is 14.5 Å². The van der Waals surface area contributed by atoms with E-state index in [1.54, 1.807) is 36.4 Å². The average Bonchev–Trinajstić information content (AvgIpc) is 3.00. The van der Waals surface area contributed by atoms with Gasteiger partial charge in [0.15, 0.2) is 11.5 Å². The molecule has 0 aliphatic carbocycles. The Morgan fingerprint density at radius 1 is 1.21 bits per heavy atom. The highest BCUT2D eigenvalue weighted by molar-refractivity contribution is 8.18. The Bertz CT molecular complexity index is 1080. The summed E-state index contributed by atoms with van der Waals surface area (Å²) in [5, 5.41) is 8.79. The Morgan fingerprint density at radius 3 is 2.72 bits per heavy atom. The van der Waals surface area contributed by atoms with E-state index in [9.17, 15) is 14.9 Å². The first-order chi connectivity index (χ1) is 14.1. The van der Waals surface area contributed by atoms with Crippen LogP contribution in [0.25, 0.3) is 6.08 Å². The average molecular weight is 404 g/mol. The fourth-order valence-electron chi connectivity index (χ4n) is 2.68. The lowest BCUT2D eigenvalue weighted by molar-refractivity contribution is -0.122. The number of methoxy groups -OCH3 is 1. The highest BCUT2D eigenvalue weighted by Crippen LogP contribution is 2.34. The lowest BCUT2D eigenvalue weighted by Crippen LogP contribution is -2.28. The first kappa shape index (κ1) is 20.1. The summed E-state index contributed by atoms with van der Waals surface area (Å²) < 4.78 is 11.2. The van der Waals surface area contributed by atoms with Crippen molar-refractivity contribution in [2.45, 2.75) is 6.61 Å². The summed E-state index contributed by atoms with van der Waals surface area (Å²) >= 11 is 0.846. The molecule has 3 rings (SSSR count). The van der Waals surface area contributed by atoms with Crippen LogP contribution in [-0.2, 0) is 11.4 Å². The Morgan fingerprint density at radius 2 is 2.00 bits per heavy atom. The van der Waals surface area contributed by atoms with Crippen LogP contribution in [0.2, 0.25) is 0 Å². The standard InChI is InChI=1S/C22H16N2O4S/c1-3-10-24-21(25)20(29-22(24)26)12-15-8-9-18(19(11-15)27-2)28-14-17-7-5-4-6-16(17)13-23/h1,4-9,11-12H,10,14H2,2H3/b20-12+. The van der Waals surface area contributed by atoms with Crippen LogP contribution in [0.5, 0.6) is 11.5 Å². The predicted octanol–water partition coefficient (Wildman–Crippen LogP) is 3.82. The molecule has 0 N–H and O–H groups in total. The van der Waals surface area contributed by atoms with E-state index >= 15 is 0 Å². The van der Waals surface area contributed by atoms with Gasteiger partial charge in [-0.25, -0.2) is 0 Å². The molecule has 144 valence electrons. The topological polar surface area (TPSA) is 79.6 Å². The van der Waals surface area contributed by atoms with Crippen LogP contribution in [0.1, 0.15) is 16.7 Å². The number of imide groups is 1. The van der Waals surface area contributed by atoms with Crippen molar-refractivity contribution in [2.24, 2.45) is 0 Å². The summed E-state index contributed by atoms with van der Waals surface area (Å²) in [5.74, 6) is 2.86. The van der Waals surface area contributed by atoms with Crippen molar-refractivity contribution in [1.29, 1.82) is 5.26 Å². The summed E-state index contributed by atoms with van der Waals surface area (Å²) in [6.45, 7) is 0.159. The van der Waals surface area contributed by atoms with Gasteiger partial charge in [0, 0.05) is 5.56 Å². The third-order valence-electron chi connectivity index (χ3n) is 4.13. The number of ether oxygens (including phenoxy) is 2. The number of nitriles is 1. The third kappa shape index (κ3) is 4.43. The van der Waals surface area contributed by atoms with E-state index in [1.165, 1.54) is 7.11 Å². The minimum Gasteiger partial charge on any atom is -0.493 e. The van der Waals surface area contributed by atoms with E-state index in [1.807, 2.05) is 12.1 Å². The van der Waals surface area contributed by atoms with Crippen molar-refractivity contribution in [1.82, 2.24) is 4.90 Å². The smallest absolute Gasteiger partial charge is 0.294 e. The molecule has 29 heavy (non-hydrogen) atoms. The first-order valence-corrected chi connectivity index (χ1v) is 9.36. The van der Waals surface area contributed by atoms with Gasteiger partial charge in [-0.15, -0.1) is 6.42 Å². The van der Waals surface area contributed by atoms with Gasteiger partial charge in [-0.2, -0.15) is 5.26 Å². The normalized spacial score (nSPS) is 14.6. The number of amides is 2. The molecule has 2 aromatic rings. The van der Waals surface area contributed by atoms with E-state index in [2.05, 4.69) is 12.0 Å². The maximum Gasteiger partial charge on any atom is 0.294 e. The molecule has 0 unspecified atom stereocenters. The van der Waals surface area contributed by atoms with E-state index in [-0.39, 0.29) is 18.4 Å². The number of carbonyl (C=O) groups is 2. The number of thioether (sulfide) groups is 1. The molecule has 0 bridgehead atoms. The van der Waals surface area contributed by atoms with Gasteiger partial charge in [0.05, 0.1) is 30.2 Å². The molecule has 1 aliphatic heterocycles. The molecule has 1 fully saturated rings. The van der Waals surface area contributed by atoms with Crippen LogP contribution in [0.4, 0.5) is 4.79 Å². The van der Waals surface area contributed by atoms with Crippen LogP contribution in [-0.4, -0.2) is 29.7 Å². The van der Waals surface area contributed by atoms with E-state index in [4.69, 9.17) is 15.9 Å². The molecular formula is C22H16N2O4S. The molecule has 1 heterocycles. The molecule has 2 aromatic carbocycles. The molecular weight excluding hydrogens is 388 g/mol. The monoisotopic (exact) mass is 404 g/mol. The SMILES string of the molecule is C#CCN1C(=O)S/C(=C/c2ccc(OCc3ccccc3C#N)c(OC)c2)C1=O. The zero-order valence-corrected chi connectivity index (χ0v) is 16.4. The lowest BCUT2D eigenvalue weighted by atomic mass is 10.1. The summed E-state index contributed by atoms with van der Waals surface area (Å²) in [6, 6.07) is 14.5. The quantitative estimate of drug-likeness (QED) is 0.538. The van der Waals surface area contributed by atoms with Crippen LogP contribution in [0, 0.1) is 23.7 Å². The fourth-order valence-corrected chi connectivity index (χ4v) is 3.52. The zero-order valence-electron chi connectivity index (χ0n) is 15.5. The summed E-state index contributed by atoms with van der Waals surface area (Å²) in [4.78, 5) is 25.5. The van der Waals surface area contributed by atoms with Crippen LogP contribution < -0.4 is 9.47 Å². The van der Waals surface area contributed by atoms with Gasteiger partial charge >= 0.3 is 0 Å². The fraction of sp³-hybridized carbons (Fsp3) is 0.136. The van der Waals surface area contributed by atoms with Crippen LogP contribution in [0.3, 0.4) is 0 Å². The minimum absolute atomic E-state index is 0.0533. The molecule has 0 atom stereocenters. The summed E-state index contributed by atoms with van der Waals surface area (Å²) in [7, 11) is 1.51. The van der Waals surface area contributed by atoms with Crippen molar-refractivity contribution < 1.29 is 19.1 Å². The number of rotatable bonds is 6. The van der Waals surface area contributed by atoms with Gasteiger partial charge in [-0.1, -0.05) is 30.2 Å². The third-order valence-corrected chi connectivity index (χ3v) is 5.04. The Kier molecular flexibility index (Phi) is 6.23. The molecule has 0 radical (unpaired) electrons. The molecule has 0 spiro atoms. The van der Waals surface area contributed by atoms with Crippen molar-refractivity contribution in [3.8, 4) is 29.9 Å². The second kappa shape index (κ2) is 9.01. The van der Waals surface area contributed by atoms with Crippen molar-refractivity contribution in [3.05, 3.63) is 64.1 Å². The van der Waals surface area contributed by atoms with Crippen molar-refractivity contribution in [3.63, 3.8) is 0 Å². The van der Waals surface area contributed by atoms with Gasteiger partial charge in [0.1, 0.15) is 6.61 Å². The largest absolute Gasteiger partial charge is 0.493 e. The summed E-state index contributed by atoms with van der Waals surface area (Å²) in [5.41, 5.74) is 1.99. The molecule has 2 amide bonds. The van der Waals surface area contributed by atoms with E-state index in [0.29, 0.717) is 27.5 Å². The molecule has 6 nitrogen and oxygen atoms in total. The zero-order chi connectivity index (χ0) is 20.8. The van der Waals surface area contributed by atoms with Crippen molar-refractivity contribution >= 4 is 29.0 Å². The van der Waals surface area contributed by atoms with E-state index in [0.717, 1.165) is 22.2 Å². The molecule has 1 saturated heterocycles. The first-order valence-electron chi connectivity index (χ1n) is 8.55. The number of benzene rings is 2. The van der Waals surface area contributed by atoms with Gasteiger partial charge < -0.3 is 9.47 Å². The number of terminal acetylenes is 1. The number of hydrogen-bond acceptors (Lipinski definition) is 6. The number of hydrogen-bond donors (Lipinski definition) is 0. The molecule has 0 saturated carbocycles. The second-order valence-electron chi connectivity index (χ2n) is 5.94.